The van der Waals surface area contributed by atoms with Crippen molar-refractivity contribution in [2.45, 2.75) is 18.7 Å². The van der Waals surface area contributed by atoms with E-state index in [1.807, 2.05) is 19.1 Å². The second-order valence-corrected chi connectivity index (χ2v) is 8.04. The molecular weight excluding hydrogens is 420 g/mol. The molecule has 0 bridgehead atoms. The van der Waals surface area contributed by atoms with E-state index in [0.29, 0.717) is 25.9 Å². The molecule has 0 fully saturated rings. The Hall–Kier alpha value is -1.05. The van der Waals surface area contributed by atoms with Crippen molar-refractivity contribution in [1.82, 2.24) is 0 Å². The summed E-state index contributed by atoms with van der Waals surface area (Å²) in [5, 5.41) is 0. The first kappa shape index (κ1) is 16.3. The highest BCUT2D eigenvalue weighted by molar-refractivity contribution is 9.11. The first-order valence-electron chi connectivity index (χ1n) is 6.06. The molecule has 0 unspecified atom stereocenters. The Morgan fingerprint density at radius 1 is 1.10 bits per heavy atom. The number of anilines is 2. The second kappa shape index (κ2) is 5.98. The maximum atomic E-state index is 12.6. The fourth-order valence-electron chi connectivity index (χ4n) is 1.91. The maximum Gasteiger partial charge on any atom is 0.262 e. The standard InChI is InChI=1S/C14H14Br2N2O2S/c1-8-6-10(15)14(11(16)7-8)18-21(19,20)13-5-3-4-12(17)9(13)2/h3-7,18H,17H2,1-2H3. The number of nitrogens with two attached hydrogens (primary N) is 1. The van der Waals surface area contributed by atoms with Crippen molar-refractivity contribution >= 4 is 53.3 Å². The first-order valence-corrected chi connectivity index (χ1v) is 9.13. The minimum Gasteiger partial charge on any atom is -0.398 e. The van der Waals surface area contributed by atoms with Crippen molar-refractivity contribution in [3.8, 4) is 0 Å². The van der Waals surface area contributed by atoms with E-state index >= 15 is 0 Å². The SMILES string of the molecule is Cc1cc(Br)c(NS(=O)(=O)c2cccc(N)c2C)c(Br)c1. The number of hydrogen-bond donors (Lipinski definition) is 2. The minimum absolute atomic E-state index is 0.168. The third-order valence-electron chi connectivity index (χ3n) is 3.04. The van der Waals surface area contributed by atoms with Gasteiger partial charge in [0.15, 0.2) is 0 Å². The van der Waals surface area contributed by atoms with Crippen LogP contribution in [0.3, 0.4) is 0 Å². The van der Waals surface area contributed by atoms with Crippen molar-refractivity contribution in [2.75, 3.05) is 10.5 Å². The summed E-state index contributed by atoms with van der Waals surface area (Å²) in [6, 6.07) is 8.51. The molecule has 4 nitrogen and oxygen atoms in total. The van der Waals surface area contributed by atoms with Gasteiger partial charge in [0.05, 0.1) is 10.6 Å². The highest BCUT2D eigenvalue weighted by Crippen LogP contribution is 2.34. The van der Waals surface area contributed by atoms with Crippen LogP contribution in [-0.4, -0.2) is 8.42 Å². The molecule has 2 rings (SSSR count). The lowest BCUT2D eigenvalue weighted by atomic mass is 10.2. The Morgan fingerprint density at radius 2 is 1.67 bits per heavy atom. The number of rotatable bonds is 3. The van der Waals surface area contributed by atoms with Crippen LogP contribution >= 0.6 is 31.9 Å². The van der Waals surface area contributed by atoms with E-state index in [1.54, 1.807) is 19.1 Å². The minimum atomic E-state index is -3.71. The number of nitrogens with one attached hydrogen (secondary N) is 1. The predicted octanol–water partition coefficient (Wildman–Crippen LogP) is 4.21. The van der Waals surface area contributed by atoms with E-state index in [4.69, 9.17) is 5.73 Å². The van der Waals surface area contributed by atoms with Crippen LogP contribution in [0, 0.1) is 13.8 Å². The molecule has 0 aromatic heterocycles. The molecule has 0 aliphatic rings. The first-order chi connectivity index (χ1) is 9.72. The number of benzene rings is 2. The molecule has 0 heterocycles. The fraction of sp³-hybridized carbons (Fsp3) is 0.143. The van der Waals surface area contributed by atoms with Gasteiger partial charge in [-0.05, 0) is 81.1 Å². The molecule has 0 radical (unpaired) electrons. The van der Waals surface area contributed by atoms with Crippen molar-refractivity contribution in [1.29, 1.82) is 0 Å². The van der Waals surface area contributed by atoms with Gasteiger partial charge >= 0.3 is 0 Å². The molecule has 3 N–H and O–H groups in total. The summed E-state index contributed by atoms with van der Waals surface area (Å²) in [5.41, 5.74) is 8.23. The zero-order valence-corrected chi connectivity index (χ0v) is 15.4. The summed E-state index contributed by atoms with van der Waals surface area (Å²) >= 11 is 6.75. The highest BCUT2D eigenvalue weighted by atomic mass is 79.9. The van der Waals surface area contributed by atoms with Crippen LogP contribution in [0.5, 0.6) is 0 Å². The zero-order valence-electron chi connectivity index (χ0n) is 11.4. The summed E-state index contributed by atoms with van der Waals surface area (Å²) < 4.78 is 29.0. The second-order valence-electron chi connectivity index (χ2n) is 4.68. The van der Waals surface area contributed by atoms with E-state index in [-0.39, 0.29) is 4.90 Å². The van der Waals surface area contributed by atoms with E-state index < -0.39 is 10.0 Å². The van der Waals surface area contributed by atoms with Gasteiger partial charge in [-0.15, -0.1) is 0 Å². The van der Waals surface area contributed by atoms with Gasteiger partial charge in [-0.2, -0.15) is 0 Å². The van der Waals surface area contributed by atoms with E-state index in [1.165, 1.54) is 6.07 Å². The Bertz CT molecular complexity index is 782. The lowest BCUT2D eigenvalue weighted by Crippen LogP contribution is -2.15. The van der Waals surface area contributed by atoms with Gasteiger partial charge in [-0.1, -0.05) is 6.07 Å². The van der Waals surface area contributed by atoms with Gasteiger partial charge in [0, 0.05) is 14.6 Å². The third-order valence-corrected chi connectivity index (χ3v) is 5.78. The number of sulfonamides is 1. The van der Waals surface area contributed by atoms with Crippen molar-refractivity contribution in [2.24, 2.45) is 0 Å². The predicted molar refractivity (Wildman–Crippen MR) is 93.0 cm³/mol. The normalized spacial score (nSPS) is 11.4. The van der Waals surface area contributed by atoms with Crippen LogP contribution in [0.25, 0.3) is 0 Å². The molecule has 7 heteroatoms. The molecule has 0 amide bonds. The monoisotopic (exact) mass is 432 g/mol. The Labute approximate surface area is 141 Å². The van der Waals surface area contributed by atoms with Crippen LogP contribution in [-0.2, 0) is 10.0 Å². The molecule has 2 aromatic carbocycles. The van der Waals surface area contributed by atoms with Gasteiger partial charge < -0.3 is 5.73 Å². The number of aryl methyl sites for hydroxylation is 1. The highest BCUT2D eigenvalue weighted by Gasteiger charge is 2.20. The van der Waals surface area contributed by atoms with Gasteiger partial charge in [-0.25, -0.2) is 8.42 Å². The van der Waals surface area contributed by atoms with Crippen LogP contribution in [0.2, 0.25) is 0 Å². The van der Waals surface area contributed by atoms with Gasteiger partial charge in [0.2, 0.25) is 0 Å². The summed E-state index contributed by atoms with van der Waals surface area (Å²) in [5.74, 6) is 0. The Balaban J connectivity index is 2.50. The molecule has 0 aliphatic heterocycles. The lowest BCUT2D eigenvalue weighted by molar-refractivity contribution is 0.600. The van der Waals surface area contributed by atoms with E-state index in [2.05, 4.69) is 36.6 Å². The zero-order chi connectivity index (χ0) is 15.8. The van der Waals surface area contributed by atoms with Crippen LogP contribution < -0.4 is 10.5 Å². The van der Waals surface area contributed by atoms with Gasteiger partial charge in [-0.3, -0.25) is 4.72 Å². The third kappa shape index (κ3) is 3.41. The molecule has 0 aliphatic carbocycles. The summed E-state index contributed by atoms with van der Waals surface area (Å²) in [7, 11) is -3.71. The fourth-order valence-corrected chi connectivity index (χ4v) is 5.16. The Kier molecular flexibility index (Phi) is 4.65. The summed E-state index contributed by atoms with van der Waals surface area (Å²) in [6.07, 6.45) is 0. The van der Waals surface area contributed by atoms with E-state index in [9.17, 15) is 8.42 Å². The van der Waals surface area contributed by atoms with Crippen molar-refractivity contribution in [3.63, 3.8) is 0 Å². The number of hydrogen-bond acceptors (Lipinski definition) is 3. The smallest absolute Gasteiger partial charge is 0.262 e. The molecule has 0 saturated heterocycles. The average Bonchev–Trinajstić information content (AvgIpc) is 2.37. The summed E-state index contributed by atoms with van der Waals surface area (Å²) in [4.78, 5) is 0.168. The molecule has 2 aromatic rings. The number of nitrogen functional groups attached to an aromatic ring is 1. The molecule has 0 saturated carbocycles. The largest absolute Gasteiger partial charge is 0.398 e. The van der Waals surface area contributed by atoms with Gasteiger partial charge in [0.25, 0.3) is 10.0 Å². The van der Waals surface area contributed by atoms with Crippen molar-refractivity contribution in [3.05, 3.63) is 50.4 Å². The molecule has 0 spiro atoms. The molecule has 112 valence electrons. The van der Waals surface area contributed by atoms with Crippen LogP contribution in [0.4, 0.5) is 11.4 Å². The van der Waals surface area contributed by atoms with Crippen molar-refractivity contribution < 1.29 is 8.42 Å². The van der Waals surface area contributed by atoms with Crippen LogP contribution in [0.1, 0.15) is 11.1 Å². The number of halogens is 2. The molecule has 21 heavy (non-hydrogen) atoms. The Morgan fingerprint density at radius 3 is 2.24 bits per heavy atom. The topological polar surface area (TPSA) is 72.2 Å². The maximum absolute atomic E-state index is 12.6. The van der Waals surface area contributed by atoms with Gasteiger partial charge in [0.1, 0.15) is 0 Å². The average molecular weight is 434 g/mol. The molecular formula is C14H14Br2N2O2S. The summed E-state index contributed by atoms with van der Waals surface area (Å²) in [6.45, 7) is 3.61. The van der Waals surface area contributed by atoms with Crippen LogP contribution in [0.15, 0.2) is 44.2 Å². The quantitative estimate of drug-likeness (QED) is 0.712. The lowest BCUT2D eigenvalue weighted by Gasteiger charge is -2.14. The van der Waals surface area contributed by atoms with E-state index in [0.717, 1.165) is 5.56 Å². The molecule has 0 atom stereocenters.